The summed E-state index contributed by atoms with van der Waals surface area (Å²) in [7, 11) is 0. The maximum atomic E-state index is 5.53. The molecule has 15 heavy (non-hydrogen) atoms. The third-order valence-electron chi connectivity index (χ3n) is 2.25. The Morgan fingerprint density at radius 3 is 2.67 bits per heavy atom. The number of rotatable bonds is 6. The van der Waals surface area contributed by atoms with E-state index in [1.807, 2.05) is 0 Å². The fourth-order valence-electron chi connectivity index (χ4n) is 1.34. The molecule has 0 saturated carbocycles. The number of aromatic nitrogens is 2. The van der Waals surface area contributed by atoms with E-state index >= 15 is 0 Å². The zero-order chi connectivity index (χ0) is 11.3. The molecule has 0 saturated heterocycles. The highest BCUT2D eigenvalue weighted by Crippen LogP contribution is 2.20. The molecule has 1 rings (SSSR count). The van der Waals surface area contributed by atoms with Gasteiger partial charge in [-0.3, -0.25) is 0 Å². The van der Waals surface area contributed by atoms with Crippen molar-refractivity contribution in [1.82, 2.24) is 9.36 Å². The minimum Gasteiger partial charge on any atom is -0.344 e. The van der Waals surface area contributed by atoms with Gasteiger partial charge in [-0.05, 0) is 26.8 Å². The van der Waals surface area contributed by atoms with E-state index < -0.39 is 0 Å². The third kappa shape index (κ3) is 3.43. The van der Waals surface area contributed by atoms with Crippen LogP contribution in [0.3, 0.4) is 0 Å². The van der Waals surface area contributed by atoms with Crippen molar-refractivity contribution >= 4 is 16.7 Å². The summed E-state index contributed by atoms with van der Waals surface area (Å²) in [6, 6.07) is 0.453. The molecule has 0 aromatic carbocycles. The first-order valence-electron chi connectivity index (χ1n) is 5.48. The first-order valence-corrected chi connectivity index (χ1v) is 6.25. The molecule has 0 atom stereocenters. The normalized spacial score (nSPS) is 11.0. The van der Waals surface area contributed by atoms with Gasteiger partial charge in [0, 0.05) is 30.5 Å². The molecule has 1 aromatic rings. The summed E-state index contributed by atoms with van der Waals surface area (Å²) in [5.41, 5.74) is 5.53. The predicted octanol–water partition coefficient (Wildman–Crippen LogP) is 1.66. The van der Waals surface area contributed by atoms with Crippen molar-refractivity contribution in [2.45, 2.75) is 39.7 Å². The molecule has 2 N–H and O–H groups in total. The van der Waals surface area contributed by atoms with Crippen molar-refractivity contribution in [3.63, 3.8) is 0 Å². The van der Waals surface area contributed by atoms with Crippen LogP contribution in [-0.2, 0) is 6.42 Å². The molecule has 1 aromatic heterocycles. The Balaban J connectivity index is 2.70. The highest BCUT2D eigenvalue weighted by molar-refractivity contribution is 7.09. The Labute approximate surface area is 95.7 Å². The third-order valence-corrected chi connectivity index (χ3v) is 3.04. The number of hydrogen-bond donors (Lipinski definition) is 1. The van der Waals surface area contributed by atoms with E-state index in [0.29, 0.717) is 6.04 Å². The van der Waals surface area contributed by atoms with Gasteiger partial charge < -0.3 is 10.6 Å². The van der Waals surface area contributed by atoms with Crippen LogP contribution in [0.1, 0.15) is 33.0 Å². The molecule has 0 aliphatic heterocycles. The smallest absolute Gasteiger partial charge is 0.205 e. The Kier molecular flexibility index (Phi) is 4.98. The fourth-order valence-corrected chi connectivity index (χ4v) is 2.25. The summed E-state index contributed by atoms with van der Waals surface area (Å²) in [5, 5.41) is 1.02. The van der Waals surface area contributed by atoms with Gasteiger partial charge in [-0.15, -0.1) is 0 Å². The molecule has 0 unspecified atom stereocenters. The van der Waals surface area contributed by atoms with Gasteiger partial charge in [0.2, 0.25) is 5.13 Å². The standard InChI is InChI=1S/C10H20N4S/c1-4-9-12-10(15-13-9)14(8(2)3)7-5-6-11/h8H,4-7,11H2,1-3H3. The summed E-state index contributed by atoms with van der Waals surface area (Å²) in [4.78, 5) is 6.76. The molecule has 0 amide bonds. The van der Waals surface area contributed by atoms with Crippen LogP contribution < -0.4 is 10.6 Å². The van der Waals surface area contributed by atoms with E-state index in [0.717, 1.165) is 36.9 Å². The molecular formula is C10H20N4S. The molecule has 0 bridgehead atoms. The monoisotopic (exact) mass is 228 g/mol. The van der Waals surface area contributed by atoms with Gasteiger partial charge in [-0.25, -0.2) is 4.98 Å². The van der Waals surface area contributed by atoms with Gasteiger partial charge in [0.25, 0.3) is 0 Å². The quantitative estimate of drug-likeness (QED) is 0.804. The average Bonchev–Trinajstić information content (AvgIpc) is 2.66. The molecule has 0 aliphatic rings. The molecule has 0 radical (unpaired) electrons. The lowest BCUT2D eigenvalue weighted by atomic mass is 10.3. The average molecular weight is 228 g/mol. The second kappa shape index (κ2) is 6.02. The van der Waals surface area contributed by atoms with Gasteiger partial charge in [-0.2, -0.15) is 4.37 Å². The van der Waals surface area contributed by atoms with E-state index in [2.05, 4.69) is 35.0 Å². The molecule has 0 spiro atoms. The largest absolute Gasteiger partial charge is 0.344 e. The van der Waals surface area contributed by atoms with Gasteiger partial charge >= 0.3 is 0 Å². The highest BCUT2D eigenvalue weighted by Gasteiger charge is 2.14. The zero-order valence-electron chi connectivity index (χ0n) is 9.73. The number of nitrogens with zero attached hydrogens (tertiary/aromatic N) is 3. The molecule has 1 heterocycles. The lowest BCUT2D eigenvalue weighted by molar-refractivity contribution is 0.654. The van der Waals surface area contributed by atoms with Crippen LogP contribution >= 0.6 is 11.5 Å². The van der Waals surface area contributed by atoms with Crippen LogP contribution in [0.4, 0.5) is 5.13 Å². The maximum Gasteiger partial charge on any atom is 0.205 e. The van der Waals surface area contributed by atoms with Crippen LogP contribution in [0, 0.1) is 0 Å². The molecule has 0 aliphatic carbocycles. The number of aryl methyl sites for hydroxylation is 1. The number of nitrogens with two attached hydrogens (primary N) is 1. The minimum absolute atomic E-state index is 0.453. The minimum atomic E-state index is 0.453. The van der Waals surface area contributed by atoms with E-state index in [1.165, 1.54) is 11.5 Å². The fraction of sp³-hybridized carbons (Fsp3) is 0.800. The van der Waals surface area contributed by atoms with Crippen molar-refractivity contribution in [3.05, 3.63) is 5.82 Å². The van der Waals surface area contributed by atoms with E-state index in [-0.39, 0.29) is 0 Å². The number of anilines is 1. The van der Waals surface area contributed by atoms with Crippen LogP contribution in [-0.4, -0.2) is 28.5 Å². The molecule has 0 fully saturated rings. The Hall–Kier alpha value is -0.680. The molecule has 5 heteroatoms. The first kappa shape index (κ1) is 12.4. The van der Waals surface area contributed by atoms with Crippen molar-refractivity contribution < 1.29 is 0 Å². The van der Waals surface area contributed by atoms with Crippen molar-refractivity contribution in [2.24, 2.45) is 5.73 Å². The van der Waals surface area contributed by atoms with Gasteiger partial charge in [0.1, 0.15) is 5.82 Å². The molecular weight excluding hydrogens is 208 g/mol. The Bertz CT molecular complexity index is 285. The second-order valence-electron chi connectivity index (χ2n) is 3.78. The van der Waals surface area contributed by atoms with Crippen molar-refractivity contribution in [1.29, 1.82) is 0 Å². The predicted molar refractivity (Wildman–Crippen MR) is 65.4 cm³/mol. The SMILES string of the molecule is CCc1nsc(N(CCCN)C(C)C)n1. The lowest BCUT2D eigenvalue weighted by Gasteiger charge is -2.25. The lowest BCUT2D eigenvalue weighted by Crippen LogP contribution is -2.32. The van der Waals surface area contributed by atoms with Crippen molar-refractivity contribution in [3.8, 4) is 0 Å². The van der Waals surface area contributed by atoms with Gasteiger partial charge in [0.15, 0.2) is 0 Å². The summed E-state index contributed by atoms with van der Waals surface area (Å²) in [6.07, 6.45) is 1.90. The Morgan fingerprint density at radius 2 is 2.20 bits per heavy atom. The molecule has 4 nitrogen and oxygen atoms in total. The maximum absolute atomic E-state index is 5.53. The van der Waals surface area contributed by atoms with E-state index in [1.54, 1.807) is 0 Å². The van der Waals surface area contributed by atoms with Crippen molar-refractivity contribution in [2.75, 3.05) is 18.0 Å². The number of hydrogen-bond acceptors (Lipinski definition) is 5. The Morgan fingerprint density at radius 1 is 1.47 bits per heavy atom. The van der Waals surface area contributed by atoms with Crippen LogP contribution in [0.15, 0.2) is 0 Å². The summed E-state index contributed by atoms with van der Waals surface area (Å²) >= 11 is 1.48. The topological polar surface area (TPSA) is 55.0 Å². The van der Waals surface area contributed by atoms with Gasteiger partial charge in [0.05, 0.1) is 0 Å². The first-order chi connectivity index (χ1) is 7.19. The second-order valence-corrected chi connectivity index (χ2v) is 4.51. The molecule has 86 valence electrons. The summed E-state index contributed by atoms with van der Waals surface area (Å²) in [5.74, 6) is 0.938. The summed E-state index contributed by atoms with van der Waals surface area (Å²) in [6.45, 7) is 8.10. The van der Waals surface area contributed by atoms with Crippen LogP contribution in [0.2, 0.25) is 0 Å². The van der Waals surface area contributed by atoms with Crippen LogP contribution in [0.5, 0.6) is 0 Å². The van der Waals surface area contributed by atoms with E-state index in [4.69, 9.17) is 5.73 Å². The summed E-state index contributed by atoms with van der Waals surface area (Å²) < 4.78 is 4.30. The van der Waals surface area contributed by atoms with Gasteiger partial charge in [-0.1, -0.05) is 6.92 Å². The zero-order valence-corrected chi connectivity index (χ0v) is 10.5. The van der Waals surface area contributed by atoms with Crippen LogP contribution in [0.25, 0.3) is 0 Å². The van der Waals surface area contributed by atoms with E-state index in [9.17, 15) is 0 Å². The highest BCUT2D eigenvalue weighted by atomic mass is 32.1.